The van der Waals surface area contributed by atoms with Crippen molar-refractivity contribution in [2.45, 2.75) is 38.5 Å². The number of halogens is 1. The Hall–Kier alpha value is -1.92. The van der Waals surface area contributed by atoms with Crippen LogP contribution in [0.3, 0.4) is 0 Å². The Morgan fingerprint density at radius 1 is 1.45 bits per heavy atom. The van der Waals surface area contributed by atoms with Crippen LogP contribution in [-0.4, -0.2) is 31.8 Å². The van der Waals surface area contributed by atoms with Crippen LogP contribution in [0.2, 0.25) is 5.02 Å². The summed E-state index contributed by atoms with van der Waals surface area (Å²) in [6.45, 7) is 4.13. The molecule has 2 aromatic rings. The van der Waals surface area contributed by atoms with Crippen molar-refractivity contribution in [3.63, 3.8) is 0 Å². The van der Waals surface area contributed by atoms with E-state index in [-0.39, 0.29) is 12.5 Å². The third-order valence-electron chi connectivity index (χ3n) is 3.52. The molecule has 6 nitrogen and oxygen atoms in total. The molecule has 0 aliphatic heterocycles. The molecule has 0 radical (unpaired) electrons. The Morgan fingerprint density at radius 3 is 2.73 bits per heavy atom. The largest absolute Gasteiger partial charge is 0.375 e. The van der Waals surface area contributed by atoms with E-state index in [1.54, 1.807) is 48.4 Å². The summed E-state index contributed by atoms with van der Waals surface area (Å²) in [4.78, 5) is 12.5. The van der Waals surface area contributed by atoms with Crippen LogP contribution in [-0.2, 0) is 16.9 Å². The lowest BCUT2D eigenvalue weighted by Gasteiger charge is -2.28. The van der Waals surface area contributed by atoms with Gasteiger partial charge in [0, 0.05) is 17.6 Å². The van der Waals surface area contributed by atoms with Gasteiger partial charge in [0.05, 0.1) is 0 Å². The molecule has 0 spiro atoms. The van der Waals surface area contributed by atoms with Gasteiger partial charge in [-0.1, -0.05) is 30.7 Å². The predicted octanol–water partition coefficient (Wildman–Crippen LogP) is 1.73. The second-order valence-electron chi connectivity index (χ2n) is 5.26. The number of aliphatic hydroxyl groups is 1. The van der Waals surface area contributed by atoms with Gasteiger partial charge in [0.25, 0.3) is 5.91 Å². The average Bonchev–Trinajstić information content (AvgIpc) is 2.98. The van der Waals surface area contributed by atoms with Crippen molar-refractivity contribution in [3.05, 3.63) is 47.5 Å². The van der Waals surface area contributed by atoms with Crippen LogP contribution < -0.4 is 5.32 Å². The summed E-state index contributed by atoms with van der Waals surface area (Å²) in [5.41, 5.74) is -1.12. The number of carbonyl (C=O) groups is 1. The van der Waals surface area contributed by atoms with Gasteiger partial charge < -0.3 is 15.0 Å². The first kappa shape index (κ1) is 16.5. The first-order chi connectivity index (χ1) is 10.5. The fourth-order valence-electron chi connectivity index (χ4n) is 2.26. The van der Waals surface area contributed by atoms with Gasteiger partial charge in [-0.3, -0.25) is 4.79 Å². The van der Waals surface area contributed by atoms with Crippen LogP contribution in [0.5, 0.6) is 0 Å². The van der Waals surface area contributed by atoms with E-state index in [0.717, 1.165) is 0 Å². The van der Waals surface area contributed by atoms with Gasteiger partial charge >= 0.3 is 0 Å². The first-order valence-electron chi connectivity index (χ1n) is 7.07. The number of nitrogens with one attached hydrogen (secondary N) is 1. The van der Waals surface area contributed by atoms with Gasteiger partial charge in [-0.2, -0.15) is 0 Å². The van der Waals surface area contributed by atoms with Crippen LogP contribution in [0, 0.1) is 0 Å². The number of amides is 1. The first-order valence-corrected chi connectivity index (χ1v) is 7.45. The van der Waals surface area contributed by atoms with Crippen LogP contribution in [0.1, 0.15) is 25.8 Å². The molecule has 1 aromatic carbocycles. The topological polar surface area (TPSA) is 80.0 Å². The van der Waals surface area contributed by atoms with Gasteiger partial charge in [-0.15, -0.1) is 10.2 Å². The van der Waals surface area contributed by atoms with Crippen LogP contribution in [0.4, 0.5) is 0 Å². The minimum atomic E-state index is -1.60. The number of carbonyl (C=O) groups excluding carboxylic acids is 1. The van der Waals surface area contributed by atoms with Crippen molar-refractivity contribution >= 4 is 17.5 Å². The molecule has 2 N–H and O–H groups in total. The molecule has 0 saturated heterocycles. The van der Waals surface area contributed by atoms with Gasteiger partial charge in [0.2, 0.25) is 0 Å². The van der Waals surface area contributed by atoms with Gasteiger partial charge in [0.15, 0.2) is 5.60 Å². The zero-order valence-electron chi connectivity index (χ0n) is 12.5. The molecule has 0 aliphatic carbocycles. The third kappa shape index (κ3) is 3.64. The lowest BCUT2D eigenvalue weighted by molar-refractivity contribution is -0.142. The molecule has 0 fully saturated rings. The van der Waals surface area contributed by atoms with E-state index in [1.807, 2.05) is 6.92 Å². The van der Waals surface area contributed by atoms with Crippen LogP contribution in [0.25, 0.3) is 0 Å². The summed E-state index contributed by atoms with van der Waals surface area (Å²) in [6.07, 6.45) is 3.40. The number of nitrogens with zero attached hydrogens (tertiary/aromatic N) is 3. The molecule has 0 aliphatic rings. The zero-order chi connectivity index (χ0) is 16.2. The Labute approximate surface area is 134 Å². The van der Waals surface area contributed by atoms with Crippen molar-refractivity contribution in [1.29, 1.82) is 0 Å². The minimum absolute atomic E-state index is 0.180. The minimum Gasteiger partial charge on any atom is -0.375 e. The monoisotopic (exact) mass is 322 g/mol. The van der Waals surface area contributed by atoms with E-state index in [1.165, 1.54) is 0 Å². The molecular formula is C15H19ClN4O2. The summed E-state index contributed by atoms with van der Waals surface area (Å²) in [6, 6.07) is 6.54. The number of hydrogen-bond acceptors (Lipinski definition) is 4. The maximum Gasteiger partial charge on any atom is 0.256 e. The standard InChI is InChI=1S/C15H19ClN4O2/c1-3-15(22,12-5-4-6-13(16)7-12)14(21)19-11(2)8-20-9-17-18-10-20/h4-7,9-11,22H,3,8H2,1-2H3,(H,19,21). The molecule has 1 aromatic heterocycles. The van der Waals surface area contributed by atoms with Crippen molar-refractivity contribution in [2.75, 3.05) is 0 Å². The van der Waals surface area contributed by atoms with E-state index < -0.39 is 11.5 Å². The van der Waals surface area contributed by atoms with Crippen molar-refractivity contribution in [1.82, 2.24) is 20.1 Å². The summed E-state index contributed by atoms with van der Waals surface area (Å²) < 4.78 is 1.76. The van der Waals surface area contributed by atoms with Crippen molar-refractivity contribution < 1.29 is 9.90 Å². The SMILES string of the molecule is CCC(O)(C(=O)NC(C)Cn1cnnc1)c1cccc(Cl)c1. The smallest absolute Gasteiger partial charge is 0.256 e. The third-order valence-corrected chi connectivity index (χ3v) is 3.75. The fraction of sp³-hybridized carbons (Fsp3) is 0.400. The lowest BCUT2D eigenvalue weighted by atomic mass is 9.90. The highest BCUT2D eigenvalue weighted by molar-refractivity contribution is 6.30. The molecule has 118 valence electrons. The molecule has 22 heavy (non-hydrogen) atoms. The molecule has 0 saturated carbocycles. The maximum atomic E-state index is 12.5. The van der Waals surface area contributed by atoms with Gasteiger partial charge in [-0.05, 0) is 31.0 Å². The van der Waals surface area contributed by atoms with E-state index in [2.05, 4.69) is 15.5 Å². The molecule has 7 heteroatoms. The fourth-order valence-corrected chi connectivity index (χ4v) is 2.45. The second kappa shape index (κ2) is 6.89. The maximum absolute atomic E-state index is 12.5. The molecule has 2 unspecified atom stereocenters. The lowest BCUT2D eigenvalue weighted by Crippen LogP contribution is -2.48. The van der Waals surface area contributed by atoms with Crippen LogP contribution >= 0.6 is 11.6 Å². The normalized spacial score (nSPS) is 15.1. The second-order valence-corrected chi connectivity index (χ2v) is 5.69. The van der Waals surface area contributed by atoms with Crippen molar-refractivity contribution in [3.8, 4) is 0 Å². The summed E-state index contributed by atoms with van der Waals surface area (Å²) in [5, 5.41) is 21.5. The Morgan fingerprint density at radius 2 is 2.14 bits per heavy atom. The molecular weight excluding hydrogens is 304 g/mol. The molecule has 1 amide bonds. The summed E-state index contributed by atoms with van der Waals surface area (Å²) in [5.74, 6) is -0.446. The van der Waals surface area contributed by atoms with E-state index >= 15 is 0 Å². The number of benzene rings is 1. The number of hydrogen-bond donors (Lipinski definition) is 2. The Kier molecular flexibility index (Phi) is 5.15. The van der Waals surface area contributed by atoms with Gasteiger partial charge in [-0.25, -0.2) is 0 Å². The van der Waals surface area contributed by atoms with E-state index in [4.69, 9.17) is 11.6 Å². The average molecular weight is 323 g/mol. The zero-order valence-corrected chi connectivity index (χ0v) is 13.3. The molecule has 0 bridgehead atoms. The quantitative estimate of drug-likeness (QED) is 0.849. The molecule has 1 heterocycles. The van der Waals surface area contributed by atoms with Crippen LogP contribution in [0.15, 0.2) is 36.9 Å². The Bertz CT molecular complexity index is 632. The highest BCUT2D eigenvalue weighted by atomic mass is 35.5. The number of aromatic nitrogens is 3. The summed E-state index contributed by atoms with van der Waals surface area (Å²) in [7, 11) is 0. The highest BCUT2D eigenvalue weighted by Crippen LogP contribution is 2.27. The van der Waals surface area contributed by atoms with Gasteiger partial charge in [0.1, 0.15) is 12.7 Å². The number of rotatable bonds is 6. The molecule has 2 rings (SSSR count). The van der Waals surface area contributed by atoms with E-state index in [9.17, 15) is 9.90 Å². The Balaban J connectivity index is 2.11. The predicted molar refractivity (Wildman–Crippen MR) is 83.3 cm³/mol. The highest BCUT2D eigenvalue weighted by Gasteiger charge is 2.36. The molecule has 2 atom stereocenters. The van der Waals surface area contributed by atoms with E-state index in [0.29, 0.717) is 17.1 Å². The summed E-state index contributed by atoms with van der Waals surface area (Å²) >= 11 is 5.95. The van der Waals surface area contributed by atoms with Crippen molar-refractivity contribution in [2.24, 2.45) is 0 Å².